The van der Waals surface area contributed by atoms with Crippen LogP contribution in [0.3, 0.4) is 0 Å². The summed E-state index contributed by atoms with van der Waals surface area (Å²) in [4.78, 5) is 27.6. The van der Waals surface area contributed by atoms with E-state index in [0.29, 0.717) is 40.4 Å². The molecule has 3 aromatic rings. The van der Waals surface area contributed by atoms with Crippen LogP contribution >= 0.6 is 23.4 Å². The molecule has 5 rings (SSSR count). The minimum atomic E-state index is -0.288. The molecule has 1 spiro atoms. The minimum absolute atomic E-state index is 0.0709. The van der Waals surface area contributed by atoms with Crippen LogP contribution in [0.5, 0.6) is 0 Å². The fraction of sp³-hybridized carbons (Fsp3) is 0.321. The number of aromatic nitrogens is 3. The van der Waals surface area contributed by atoms with Gasteiger partial charge in [-0.3, -0.25) is 4.79 Å². The summed E-state index contributed by atoms with van der Waals surface area (Å²) in [5.74, 6) is 6.10. The summed E-state index contributed by atoms with van der Waals surface area (Å²) in [6.45, 7) is 3.84. The van der Waals surface area contributed by atoms with Crippen molar-refractivity contribution < 1.29 is 4.79 Å². The second-order valence-electron chi connectivity index (χ2n) is 9.63. The second kappa shape index (κ2) is 11.1. The lowest BCUT2D eigenvalue weighted by Crippen LogP contribution is -2.44. The predicted molar refractivity (Wildman–Crippen MR) is 151 cm³/mol. The number of hydrogen-bond acceptors (Lipinski definition) is 9. The molecule has 1 atom stereocenters. The molecule has 11 heteroatoms. The summed E-state index contributed by atoms with van der Waals surface area (Å²) in [6, 6.07) is 9.87. The van der Waals surface area contributed by atoms with Gasteiger partial charge in [0.1, 0.15) is 16.9 Å². The van der Waals surface area contributed by atoms with E-state index in [4.69, 9.17) is 23.1 Å². The molecule has 1 aliphatic carbocycles. The van der Waals surface area contributed by atoms with Crippen molar-refractivity contribution in [3.63, 3.8) is 0 Å². The van der Waals surface area contributed by atoms with Crippen molar-refractivity contribution in [1.82, 2.24) is 20.3 Å². The third kappa shape index (κ3) is 5.37. The molecule has 9 nitrogen and oxygen atoms in total. The molecule has 5 N–H and O–H groups in total. The van der Waals surface area contributed by atoms with Gasteiger partial charge < -0.3 is 21.7 Å². The number of rotatable bonds is 4. The van der Waals surface area contributed by atoms with Gasteiger partial charge in [0.15, 0.2) is 11.5 Å². The zero-order chi connectivity index (χ0) is 27.6. The molecule has 1 saturated heterocycles. The molecular weight excluding hydrogens is 532 g/mol. The van der Waals surface area contributed by atoms with Gasteiger partial charge in [-0.15, -0.1) is 0 Å². The van der Waals surface area contributed by atoms with Gasteiger partial charge in [0.05, 0.1) is 11.2 Å². The monoisotopic (exact) mass is 558 g/mol. The number of nitrogens with one attached hydrogen (secondary N) is 1. The van der Waals surface area contributed by atoms with E-state index in [2.05, 4.69) is 49.1 Å². The SMILES string of the molecule is CCNC(=O)C#Cc1ccc2c(c1)[C@@H](N)C1(CCN(c3ncc(Sc4ccnc(N)c4Cl)nc3C#N)CC1)C2. The van der Waals surface area contributed by atoms with Crippen molar-refractivity contribution >= 4 is 40.9 Å². The molecule has 39 heavy (non-hydrogen) atoms. The van der Waals surface area contributed by atoms with Crippen LogP contribution < -0.4 is 21.7 Å². The largest absolute Gasteiger partial charge is 0.382 e. The van der Waals surface area contributed by atoms with Gasteiger partial charge in [0.25, 0.3) is 5.91 Å². The topological polar surface area (TPSA) is 147 Å². The number of benzene rings is 1. The van der Waals surface area contributed by atoms with E-state index < -0.39 is 0 Å². The summed E-state index contributed by atoms with van der Waals surface area (Å²) in [6.07, 6.45) is 5.84. The Morgan fingerprint density at radius 2 is 2.10 bits per heavy atom. The molecule has 1 aromatic carbocycles. The fourth-order valence-corrected chi connectivity index (χ4v) is 6.30. The Morgan fingerprint density at radius 3 is 2.85 bits per heavy atom. The van der Waals surface area contributed by atoms with Crippen molar-refractivity contribution in [2.75, 3.05) is 30.3 Å². The molecule has 2 aliphatic rings. The van der Waals surface area contributed by atoms with Gasteiger partial charge in [-0.05, 0) is 60.9 Å². The Morgan fingerprint density at radius 1 is 1.31 bits per heavy atom. The van der Waals surface area contributed by atoms with Crippen molar-refractivity contribution in [1.29, 1.82) is 5.26 Å². The highest BCUT2D eigenvalue weighted by Crippen LogP contribution is 2.51. The highest BCUT2D eigenvalue weighted by molar-refractivity contribution is 7.99. The quantitative estimate of drug-likeness (QED) is 0.409. The molecule has 1 fully saturated rings. The van der Waals surface area contributed by atoms with Crippen LogP contribution in [0.25, 0.3) is 0 Å². The molecule has 2 aromatic heterocycles. The molecule has 198 valence electrons. The Balaban J connectivity index is 1.29. The van der Waals surface area contributed by atoms with E-state index >= 15 is 0 Å². The number of amides is 1. The van der Waals surface area contributed by atoms with Crippen molar-refractivity contribution in [2.45, 2.75) is 42.1 Å². The van der Waals surface area contributed by atoms with Crippen LogP contribution in [0.2, 0.25) is 5.02 Å². The Bertz CT molecular complexity index is 1530. The average Bonchev–Trinajstić information content (AvgIpc) is 3.21. The van der Waals surface area contributed by atoms with Crippen LogP contribution in [-0.4, -0.2) is 40.5 Å². The van der Waals surface area contributed by atoms with Crippen molar-refractivity contribution in [3.8, 4) is 17.9 Å². The Kier molecular flexibility index (Phi) is 7.62. The zero-order valence-corrected chi connectivity index (χ0v) is 22.9. The number of piperidine rings is 1. The first-order chi connectivity index (χ1) is 18.8. The fourth-order valence-electron chi connectivity index (χ4n) is 5.28. The summed E-state index contributed by atoms with van der Waals surface area (Å²) >= 11 is 7.55. The molecule has 3 heterocycles. The van der Waals surface area contributed by atoms with E-state index in [1.807, 2.05) is 19.1 Å². The Hall–Kier alpha value is -3.83. The number of carbonyl (C=O) groups is 1. The number of halogens is 1. The van der Waals surface area contributed by atoms with Crippen molar-refractivity contribution in [2.24, 2.45) is 11.1 Å². The molecule has 1 aliphatic heterocycles. The number of hydrogen-bond donors (Lipinski definition) is 3. The Labute approximate surface area is 236 Å². The maximum atomic E-state index is 11.7. The summed E-state index contributed by atoms with van der Waals surface area (Å²) in [7, 11) is 0. The first-order valence-electron chi connectivity index (χ1n) is 12.6. The highest BCUT2D eigenvalue weighted by Gasteiger charge is 2.46. The van der Waals surface area contributed by atoms with E-state index in [0.717, 1.165) is 30.4 Å². The lowest BCUT2D eigenvalue weighted by molar-refractivity contribution is -0.115. The number of nitriles is 1. The standard InChI is InChI=1S/C28H27ClN8OS/c1-2-33-22(38)6-4-17-3-5-18-14-28(25(31)19(18)13-17)8-11-37(12-9-28)27-20(15-30)36-23(16-35-27)39-21-7-10-34-26(32)24(21)29/h3,5,7,10,13,16,25H,2,8-9,11-12,14,31H2,1H3,(H2,32,34)(H,33,38)/t25-/m1/s1. The molecule has 0 bridgehead atoms. The van der Waals surface area contributed by atoms with Gasteiger partial charge in [-0.1, -0.05) is 35.3 Å². The maximum absolute atomic E-state index is 11.7. The number of fused-ring (bicyclic) bond motifs is 1. The van der Waals surface area contributed by atoms with Crippen LogP contribution in [0.15, 0.2) is 46.6 Å². The first-order valence-corrected chi connectivity index (χ1v) is 13.8. The van der Waals surface area contributed by atoms with Crippen LogP contribution in [-0.2, 0) is 11.2 Å². The average molecular weight is 559 g/mol. The lowest BCUT2D eigenvalue weighted by atomic mass is 9.73. The zero-order valence-electron chi connectivity index (χ0n) is 21.4. The van der Waals surface area contributed by atoms with E-state index in [-0.39, 0.29) is 28.9 Å². The predicted octanol–water partition coefficient (Wildman–Crippen LogP) is 3.46. The molecule has 1 amide bonds. The van der Waals surface area contributed by atoms with Gasteiger partial charge >= 0.3 is 0 Å². The molecule has 0 radical (unpaired) electrons. The number of anilines is 2. The summed E-state index contributed by atoms with van der Waals surface area (Å²) in [5.41, 5.74) is 15.9. The van der Waals surface area contributed by atoms with Gasteiger partial charge in [0, 0.05) is 48.3 Å². The number of nitrogens with zero attached hydrogens (tertiary/aromatic N) is 5. The minimum Gasteiger partial charge on any atom is -0.382 e. The maximum Gasteiger partial charge on any atom is 0.296 e. The lowest BCUT2D eigenvalue weighted by Gasteiger charge is -2.42. The van der Waals surface area contributed by atoms with Crippen LogP contribution in [0.1, 0.15) is 48.2 Å². The number of pyridine rings is 1. The van der Waals surface area contributed by atoms with E-state index in [1.54, 1.807) is 18.5 Å². The van der Waals surface area contributed by atoms with Crippen LogP contribution in [0, 0.1) is 28.6 Å². The molecule has 0 unspecified atom stereocenters. The number of nitrogen functional groups attached to an aromatic ring is 1. The number of nitrogens with two attached hydrogens (primary N) is 2. The summed E-state index contributed by atoms with van der Waals surface area (Å²) in [5, 5.41) is 13.4. The van der Waals surface area contributed by atoms with Crippen LogP contribution in [0.4, 0.5) is 11.6 Å². The summed E-state index contributed by atoms with van der Waals surface area (Å²) < 4.78 is 0. The normalized spacial score (nSPS) is 17.2. The molecule has 0 saturated carbocycles. The third-order valence-electron chi connectivity index (χ3n) is 7.33. The highest BCUT2D eigenvalue weighted by atomic mass is 35.5. The van der Waals surface area contributed by atoms with E-state index in [9.17, 15) is 10.1 Å². The molecular formula is C28H27ClN8OS. The smallest absolute Gasteiger partial charge is 0.296 e. The van der Waals surface area contributed by atoms with E-state index in [1.165, 1.54) is 17.3 Å². The van der Waals surface area contributed by atoms with Gasteiger partial charge in [-0.25, -0.2) is 15.0 Å². The van der Waals surface area contributed by atoms with Gasteiger partial charge in [0.2, 0.25) is 0 Å². The third-order valence-corrected chi connectivity index (χ3v) is 8.81. The van der Waals surface area contributed by atoms with Crippen molar-refractivity contribution in [3.05, 3.63) is 64.1 Å². The second-order valence-corrected chi connectivity index (χ2v) is 11.1. The number of carbonyl (C=O) groups excluding carboxylic acids is 1. The first kappa shape index (κ1) is 26.8. The van der Waals surface area contributed by atoms with Gasteiger partial charge in [-0.2, -0.15) is 5.26 Å².